The number of fused-ring (bicyclic) bond motifs is 6. The van der Waals surface area contributed by atoms with Crippen LogP contribution in [-0.4, -0.2) is 20.6 Å². The highest BCUT2D eigenvalue weighted by Crippen LogP contribution is 2.34. The molecule has 0 saturated carbocycles. The zero-order valence-electron chi connectivity index (χ0n) is 24.4. The molecule has 48 heavy (non-hydrogen) atoms. The summed E-state index contributed by atoms with van der Waals surface area (Å²) >= 11 is 0. The van der Waals surface area contributed by atoms with Crippen molar-refractivity contribution in [3.8, 4) is 40.1 Å². The predicted octanol–water partition coefficient (Wildman–Crippen LogP) is 7.60. The minimum absolute atomic E-state index is 0.0425. The lowest BCUT2D eigenvalue weighted by Gasteiger charge is -1.99. The van der Waals surface area contributed by atoms with Crippen molar-refractivity contribution in [2.45, 2.75) is 0 Å². The number of aromatic nitrogens is 4. The van der Waals surface area contributed by atoms with E-state index in [2.05, 4.69) is 20.6 Å². The Morgan fingerprint density at radius 3 is 1.88 bits per heavy atom. The summed E-state index contributed by atoms with van der Waals surface area (Å²) < 4.78 is 35.5. The Hall–Kier alpha value is -7.13. The van der Waals surface area contributed by atoms with Gasteiger partial charge in [-0.2, -0.15) is 10.5 Å². The molecular formula is C36H18FN5O6. The van der Waals surface area contributed by atoms with Crippen LogP contribution in [-0.2, 0) is 0 Å². The maximum atomic E-state index is 13.0. The summed E-state index contributed by atoms with van der Waals surface area (Å²) in [5.41, 5.74) is 2.72. The Labute approximate surface area is 267 Å². The van der Waals surface area contributed by atoms with Crippen LogP contribution in [0.3, 0.4) is 0 Å². The number of nitriles is 1. The van der Waals surface area contributed by atoms with Crippen molar-refractivity contribution in [1.82, 2.24) is 20.6 Å². The number of benzene rings is 4. The van der Waals surface area contributed by atoms with Gasteiger partial charge in [0.1, 0.15) is 56.9 Å². The Kier molecular flexibility index (Phi) is 6.70. The molecule has 9 rings (SSSR count). The first kappa shape index (κ1) is 28.4. The molecule has 0 aliphatic rings. The van der Waals surface area contributed by atoms with Gasteiger partial charge in [0.05, 0.1) is 10.8 Å². The number of nitrogens with one attached hydrogen (secondary N) is 1. The molecule has 1 N–H and O–H groups in total. The lowest BCUT2D eigenvalue weighted by atomic mass is 10.1. The van der Waals surface area contributed by atoms with Crippen molar-refractivity contribution in [1.29, 1.82) is 5.26 Å². The Balaban J connectivity index is 0.000000141. The zero-order chi connectivity index (χ0) is 32.8. The first-order chi connectivity index (χ1) is 23.4. The van der Waals surface area contributed by atoms with E-state index < -0.39 is 11.3 Å². The minimum Gasteiger partial charge on any atom is -0.456 e. The molecule has 0 bridgehead atoms. The third-order valence-electron chi connectivity index (χ3n) is 7.69. The summed E-state index contributed by atoms with van der Waals surface area (Å²) in [7, 11) is 0. The highest BCUT2D eigenvalue weighted by molar-refractivity contribution is 6.05. The minimum atomic E-state index is -0.683. The first-order valence-electron chi connectivity index (χ1n) is 14.4. The Morgan fingerprint density at radius 1 is 0.667 bits per heavy atom. The van der Waals surface area contributed by atoms with Gasteiger partial charge in [-0.05, 0) is 78.0 Å². The SMILES string of the molecule is N#Cc1cc2ccc3oc(-c4ccc(F)cc4)cc3c2oc1=O.O=c1oc2c(ccc3oc(-c4ccccc4)cc32)cc1-c1nn[nH]n1. The van der Waals surface area contributed by atoms with Crippen molar-refractivity contribution >= 4 is 43.9 Å². The Bertz CT molecular complexity index is 2790. The molecule has 0 radical (unpaired) electrons. The third kappa shape index (κ3) is 4.97. The second kappa shape index (κ2) is 11.3. The fourth-order valence-electron chi connectivity index (χ4n) is 5.40. The highest BCUT2D eigenvalue weighted by atomic mass is 19.1. The largest absolute Gasteiger partial charge is 0.456 e. The van der Waals surface area contributed by atoms with Gasteiger partial charge in [-0.1, -0.05) is 30.3 Å². The van der Waals surface area contributed by atoms with E-state index in [9.17, 15) is 14.0 Å². The molecule has 0 unspecified atom stereocenters. The van der Waals surface area contributed by atoms with E-state index in [1.54, 1.807) is 42.5 Å². The van der Waals surface area contributed by atoms with Gasteiger partial charge < -0.3 is 17.7 Å². The van der Waals surface area contributed by atoms with Crippen LogP contribution in [0.2, 0.25) is 0 Å². The first-order valence-corrected chi connectivity index (χ1v) is 14.4. The van der Waals surface area contributed by atoms with E-state index in [1.807, 2.05) is 48.5 Å². The van der Waals surface area contributed by atoms with Crippen LogP contribution in [0, 0.1) is 17.1 Å². The third-order valence-corrected chi connectivity index (χ3v) is 7.69. The van der Waals surface area contributed by atoms with Crippen LogP contribution in [0.25, 0.3) is 77.9 Å². The van der Waals surface area contributed by atoms with Crippen LogP contribution in [0.1, 0.15) is 5.56 Å². The topological polar surface area (TPSA) is 165 Å². The maximum Gasteiger partial charge on any atom is 0.354 e. The van der Waals surface area contributed by atoms with Gasteiger partial charge in [-0.25, -0.2) is 14.0 Å². The fourth-order valence-corrected chi connectivity index (χ4v) is 5.40. The number of halogens is 1. The molecule has 9 aromatic rings. The number of furan rings is 2. The lowest BCUT2D eigenvalue weighted by Crippen LogP contribution is -2.03. The van der Waals surface area contributed by atoms with Gasteiger partial charge in [0.2, 0.25) is 5.82 Å². The van der Waals surface area contributed by atoms with Gasteiger partial charge in [0, 0.05) is 21.9 Å². The Morgan fingerprint density at radius 2 is 1.27 bits per heavy atom. The number of aromatic amines is 1. The summed E-state index contributed by atoms with van der Waals surface area (Å²) in [5, 5.41) is 25.1. The van der Waals surface area contributed by atoms with Crippen LogP contribution in [0.5, 0.6) is 0 Å². The number of tetrazole rings is 1. The maximum absolute atomic E-state index is 13.0. The van der Waals surface area contributed by atoms with E-state index in [1.165, 1.54) is 18.2 Å². The molecule has 12 heteroatoms. The number of rotatable bonds is 3. The number of H-pyrrole nitrogens is 1. The van der Waals surface area contributed by atoms with Gasteiger partial charge in [-0.3, -0.25) is 0 Å². The van der Waals surface area contributed by atoms with E-state index in [-0.39, 0.29) is 22.8 Å². The van der Waals surface area contributed by atoms with E-state index in [4.69, 9.17) is 22.9 Å². The summed E-state index contributed by atoms with van der Waals surface area (Å²) in [6.45, 7) is 0. The molecule has 0 aliphatic carbocycles. The smallest absolute Gasteiger partial charge is 0.354 e. The molecule has 0 aliphatic heterocycles. The number of hydrogen-bond acceptors (Lipinski definition) is 10. The van der Waals surface area contributed by atoms with Crippen molar-refractivity contribution in [2.75, 3.05) is 0 Å². The van der Waals surface area contributed by atoms with Crippen molar-refractivity contribution in [3.05, 3.63) is 135 Å². The summed E-state index contributed by atoms with van der Waals surface area (Å²) in [5.74, 6) is 1.13. The molecule has 4 aromatic carbocycles. The summed E-state index contributed by atoms with van der Waals surface area (Å²) in [4.78, 5) is 24.1. The van der Waals surface area contributed by atoms with E-state index in [0.717, 1.165) is 16.3 Å². The molecule has 0 atom stereocenters. The van der Waals surface area contributed by atoms with Crippen LogP contribution in [0.15, 0.2) is 130 Å². The molecule has 0 spiro atoms. The van der Waals surface area contributed by atoms with Gasteiger partial charge in [-0.15, -0.1) is 10.2 Å². The zero-order valence-corrected chi connectivity index (χ0v) is 24.4. The number of nitrogens with zero attached hydrogens (tertiary/aromatic N) is 4. The van der Waals surface area contributed by atoms with Gasteiger partial charge >= 0.3 is 11.3 Å². The number of hydrogen-bond donors (Lipinski definition) is 1. The standard InChI is InChI=1S/C18H8FNO3.C18H10N4O3/c19-13-4-1-10(2-5-13)16-8-14-15(22-16)6-3-11-7-12(9-20)18(21)23-17(11)14;23-18-13(17-19-21-22-20-17)8-11-6-7-14-12(16(11)25-18)9-15(24-14)10-4-2-1-3-5-10/h1-8H;1-9H,(H,19,20,21,22). The van der Waals surface area contributed by atoms with Crippen LogP contribution >= 0.6 is 0 Å². The van der Waals surface area contributed by atoms with Gasteiger partial charge in [0.25, 0.3) is 0 Å². The second-order valence-electron chi connectivity index (χ2n) is 10.6. The average molecular weight is 636 g/mol. The monoisotopic (exact) mass is 635 g/mol. The van der Waals surface area contributed by atoms with Crippen molar-refractivity contribution in [2.24, 2.45) is 0 Å². The average Bonchev–Trinajstić information content (AvgIpc) is 3.89. The molecule has 5 heterocycles. The van der Waals surface area contributed by atoms with Gasteiger partial charge in [0.15, 0.2) is 0 Å². The van der Waals surface area contributed by atoms with E-state index >= 15 is 0 Å². The highest BCUT2D eigenvalue weighted by Gasteiger charge is 2.16. The molecule has 0 saturated heterocycles. The molecule has 5 aromatic heterocycles. The van der Waals surface area contributed by atoms with E-state index in [0.29, 0.717) is 50.2 Å². The molecule has 11 nitrogen and oxygen atoms in total. The normalized spacial score (nSPS) is 11.2. The second-order valence-corrected chi connectivity index (χ2v) is 10.6. The molecular weight excluding hydrogens is 617 g/mol. The van der Waals surface area contributed by atoms with Crippen LogP contribution in [0.4, 0.5) is 4.39 Å². The van der Waals surface area contributed by atoms with Crippen molar-refractivity contribution in [3.63, 3.8) is 0 Å². The summed E-state index contributed by atoms with van der Waals surface area (Å²) in [6, 6.07) is 31.4. The predicted molar refractivity (Wildman–Crippen MR) is 173 cm³/mol. The quantitative estimate of drug-likeness (QED) is 0.191. The molecule has 0 amide bonds. The fraction of sp³-hybridized carbons (Fsp3) is 0. The molecule has 230 valence electrons. The lowest BCUT2D eigenvalue weighted by molar-refractivity contribution is 0.561. The molecule has 0 fully saturated rings. The summed E-state index contributed by atoms with van der Waals surface area (Å²) in [6.07, 6.45) is 0. The van der Waals surface area contributed by atoms with Crippen molar-refractivity contribution < 1.29 is 22.1 Å². The van der Waals surface area contributed by atoms with Crippen LogP contribution < -0.4 is 11.3 Å².